The number of halogens is 3. The first-order valence-corrected chi connectivity index (χ1v) is 10.5. The van der Waals surface area contributed by atoms with Gasteiger partial charge in [0.25, 0.3) is 11.1 Å². The van der Waals surface area contributed by atoms with Gasteiger partial charge in [-0.1, -0.05) is 40.9 Å². The summed E-state index contributed by atoms with van der Waals surface area (Å²) in [6, 6.07) is 8.36. The molecule has 5 nitrogen and oxygen atoms in total. The maximum atomic E-state index is 12.8. The average Bonchev–Trinajstić information content (AvgIpc) is 2.92. The van der Waals surface area contributed by atoms with Crippen LogP contribution in [0.15, 0.2) is 35.2 Å². The predicted molar refractivity (Wildman–Crippen MR) is 117 cm³/mol. The second-order valence-corrected chi connectivity index (χ2v) is 8.15. The molecule has 1 aliphatic heterocycles. The third-order valence-corrected chi connectivity index (χ3v) is 5.98. The molecule has 1 heterocycles. The maximum Gasteiger partial charge on any atom is 0.293 e. The molecule has 0 aromatic heterocycles. The molecule has 0 spiro atoms. The quantitative estimate of drug-likeness (QED) is 0.462. The lowest BCUT2D eigenvalue weighted by atomic mass is 10.1. The van der Waals surface area contributed by atoms with Gasteiger partial charge in [0.15, 0.2) is 11.5 Å². The highest BCUT2D eigenvalue weighted by atomic mass is 35.5. The van der Waals surface area contributed by atoms with Crippen LogP contribution in [-0.4, -0.2) is 29.8 Å². The number of methoxy groups -OCH3 is 1. The maximum absolute atomic E-state index is 12.8. The second kappa shape index (κ2) is 9.30. The van der Waals surface area contributed by atoms with E-state index in [4.69, 9.17) is 44.3 Å². The summed E-state index contributed by atoms with van der Waals surface area (Å²) >= 11 is 19.4. The first kappa shape index (κ1) is 21.8. The minimum Gasteiger partial charge on any atom is -0.491 e. The van der Waals surface area contributed by atoms with Crippen LogP contribution < -0.4 is 9.47 Å². The lowest BCUT2D eigenvalue weighted by Gasteiger charge is -2.14. The van der Waals surface area contributed by atoms with Crippen molar-refractivity contribution in [1.82, 2.24) is 4.90 Å². The number of carbonyl (C=O) groups excluding carboxylic acids is 2. The topological polar surface area (TPSA) is 55.8 Å². The van der Waals surface area contributed by atoms with Crippen LogP contribution in [0.25, 0.3) is 6.08 Å². The van der Waals surface area contributed by atoms with Crippen molar-refractivity contribution >= 4 is 63.8 Å². The number of thioether (sulfide) groups is 1. The Bertz CT molecular complexity index is 989. The Kier molecular flexibility index (Phi) is 7.01. The number of rotatable bonds is 6. The fraction of sp³-hybridized carbons (Fsp3) is 0.200. The molecule has 0 saturated carbocycles. The van der Waals surface area contributed by atoms with Gasteiger partial charge < -0.3 is 9.47 Å². The van der Waals surface area contributed by atoms with E-state index in [1.54, 1.807) is 36.4 Å². The van der Waals surface area contributed by atoms with Gasteiger partial charge in [-0.2, -0.15) is 0 Å². The largest absolute Gasteiger partial charge is 0.491 e. The molecule has 1 fully saturated rings. The Morgan fingerprint density at radius 3 is 2.41 bits per heavy atom. The molecule has 9 heteroatoms. The normalized spacial score (nSPS) is 15.3. The fourth-order valence-corrected chi connectivity index (χ4v) is 4.41. The summed E-state index contributed by atoms with van der Waals surface area (Å²) in [5.74, 6) is 0.434. The monoisotopic (exact) mass is 471 g/mol. The van der Waals surface area contributed by atoms with Crippen LogP contribution in [0.2, 0.25) is 15.1 Å². The minimum atomic E-state index is -0.430. The van der Waals surface area contributed by atoms with Gasteiger partial charge in [0.05, 0.1) is 30.2 Å². The first-order valence-electron chi connectivity index (χ1n) is 8.54. The van der Waals surface area contributed by atoms with Gasteiger partial charge in [0.2, 0.25) is 0 Å². The molecular weight excluding hydrogens is 457 g/mol. The molecule has 1 saturated heterocycles. The number of ether oxygens (including phenoxy) is 2. The van der Waals surface area contributed by atoms with E-state index in [0.717, 1.165) is 16.7 Å². The third kappa shape index (κ3) is 4.67. The minimum absolute atomic E-state index is 0.00588. The number of hydrogen-bond acceptors (Lipinski definition) is 5. The van der Waals surface area contributed by atoms with Crippen LogP contribution in [0.1, 0.15) is 18.1 Å². The summed E-state index contributed by atoms with van der Waals surface area (Å²) in [6.07, 6.45) is 1.59. The smallest absolute Gasteiger partial charge is 0.293 e. The van der Waals surface area contributed by atoms with Gasteiger partial charge in [0, 0.05) is 15.6 Å². The molecule has 0 atom stereocenters. The van der Waals surface area contributed by atoms with Crippen molar-refractivity contribution in [2.75, 3.05) is 13.7 Å². The number of imide groups is 1. The SMILES string of the molecule is CCOc1cc(/C=C2\SC(=O)N(Cc3c(Cl)cccc3Cl)C2=O)cc(Cl)c1OC. The van der Waals surface area contributed by atoms with Crippen molar-refractivity contribution < 1.29 is 19.1 Å². The highest BCUT2D eigenvalue weighted by Crippen LogP contribution is 2.39. The van der Waals surface area contributed by atoms with E-state index in [2.05, 4.69) is 0 Å². The van der Waals surface area contributed by atoms with Gasteiger partial charge in [-0.3, -0.25) is 14.5 Å². The zero-order valence-electron chi connectivity index (χ0n) is 15.5. The summed E-state index contributed by atoms with van der Waals surface area (Å²) in [5, 5.41) is 0.723. The van der Waals surface area contributed by atoms with Crippen molar-refractivity contribution in [3.8, 4) is 11.5 Å². The standard InChI is InChI=1S/C20H16Cl3NO4S/c1-3-28-16-8-11(7-15(23)18(16)27-2)9-17-19(25)24(20(26)29-17)10-12-13(21)5-4-6-14(12)22/h4-9H,3,10H2,1-2H3/b17-9-. The van der Waals surface area contributed by atoms with Crippen LogP contribution in [0.5, 0.6) is 11.5 Å². The van der Waals surface area contributed by atoms with Gasteiger partial charge in [-0.25, -0.2) is 0 Å². The van der Waals surface area contributed by atoms with Crippen LogP contribution in [0.4, 0.5) is 4.79 Å². The number of benzene rings is 2. The van der Waals surface area contributed by atoms with Crippen LogP contribution >= 0.6 is 46.6 Å². The van der Waals surface area contributed by atoms with E-state index >= 15 is 0 Å². The summed E-state index contributed by atoms with van der Waals surface area (Å²) in [5.41, 5.74) is 1.13. The molecule has 0 N–H and O–H groups in total. The van der Waals surface area contributed by atoms with Crippen LogP contribution in [-0.2, 0) is 11.3 Å². The second-order valence-electron chi connectivity index (χ2n) is 5.94. The van der Waals surface area contributed by atoms with Gasteiger partial charge in [-0.15, -0.1) is 0 Å². The Labute approximate surface area is 187 Å². The number of carbonyl (C=O) groups is 2. The van der Waals surface area contributed by atoms with Crippen LogP contribution in [0, 0.1) is 0 Å². The molecule has 0 bridgehead atoms. The van der Waals surface area contributed by atoms with E-state index in [1.165, 1.54) is 7.11 Å². The summed E-state index contributed by atoms with van der Waals surface area (Å²) in [6.45, 7) is 2.25. The molecule has 2 aromatic carbocycles. The summed E-state index contributed by atoms with van der Waals surface area (Å²) in [4.78, 5) is 26.6. The summed E-state index contributed by atoms with van der Waals surface area (Å²) in [7, 11) is 1.49. The van der Waals surface area contributed by atoms with E-state index in [9.17, 15) is 9.59 Å². The zero-order valence-corrected chi connectivity index (χ0v) is 18.6. The molecular formula is C20H16Cl3NO4S. The number of nitrogens with zero attached hydrogens (tertiary/aromatic N) is 1. The molecule has 2 aromatic rings. The Morgan fingerprint density at radius 2 is 1.79 bits per heavy atom. The summed E-state index contributed by atoms with van der Waals surface area (Å²) < 4.78 is 10.8. The molecule has 0 radical (unpaired) electrons. The van der Waals surface area contributed by atoms with Gasteiger partial charge in [0.1, 0.15) is 0 Å². The molecule has 1 aliphatic rings. The first-order chi connectivity index (χ1) is 13.8. The zero-order chi connectivity index (χ0) is 21.1. The molecule has 2 amide bonds. The van der Waals surface area contributed by atoms with Gasteiger partial charge in [-0.05, 0) is 54.6 Å². The lowest BCUT2D eigenvalue weighted by Crippen LogP contribution is -2.27. The van der Waals surface area contributed by atoms with Crippen molar-refractivity contribution in [1.29, 1.82) is 0 Å². The number of amides is 2. The van der Waals surface area contributed by atoms with E-state index in [-0.39, 0.29) is 11.4 Å². The van der Waals surface area contributed by atoms with Crippen molar-refractivity contribution in [3.05, 3.63) is 61.4 Å². The highest BCUT2D eigenvalue weighted by molar-refractivity contribution is 8.18. The third-order valence-electron chi connectivity index (χ3n) is 4.09. The number of hydrogen-bond donors (Lipinski definition) is 0. The van der Waals surface area contributed by atoms with E-state index < -0.39 is 11.1 Å². The molecule has 152 valence electrons. The average molecular weight is 473 g/mol. The molecule has 0 unspecified atom stereocenters. The van der Waals surface area contributed by atoms with Crippen molar-refractivity contribution in [2.24, 2.45) is 0 Å². The Hall–Kier alpha value is -1.86. The lowest BCUT2D eigenvalue weighted by molar-refractivity contribution is -0.123. The molecule has 29 heavy (non-hydrogen) atoms. The van der Waals surface area contributed by atoms with E-state index in [1.807, 2.05) is 6.92 Å². The van der Waals surface area contributed by atoms with Crippen molar-refractivity contribution in [3.63, 3.8) is 0 Å². The fourth-order valence-electron chi connectivity index (χ4n) is 2.76. The molecule has 3 rings (SSSR count). The Morgan fingerprint density at radius 1 is 1.10 bits per heavy atom. The van der Waals surface area contributed by atoms with Crippen molar-refractivity contribution in [2.45, 2.75) is 13.5 Å². The predicted octanol–water partition coefficient (Wildman–Crippen LogP) is 6.29. The van der Waals surface area contributed by atoms with Crippen LogP contribution in [0.3, 0.4) is 0 Å². The molecule has 0 aliphatic carbocycles. The highest BCUT2D eigenvalue weighted by Gasteiger charge is 2.35. The van der Waals surface area contributed by atoms with E-state index in [0.29, 0.717) is 44.3 Å². The van der Waals surface area contributed by atoms with Gasteiger partial charge >= 0.3 is 0 Å². The Balaban J connectivity index is 1.90.